The highest BCUT2D eigenvalue weighted by Gasteiger charge is 2.18. The summed E-state index contributed by atoms with van der Waals surface area (Å²) in [4.78, 5) is 15.8. The summed E-state index contributed by atoms with van der Waals surface area (Å²) in [5, 5.41) is 10.8. The second-order valence-electron chi connectivity index (χ2n) is 5.13. The Morgan fingerprint density at radius 3 is 2.59 bits per heavy atom. The summed E-state index contributed by atoms with van der Waals surface area (Å²) < 4.78 is 1.13. The highest BCUT2D eigenvalue weighted by atomic mass is 35.5. The van der Waals surface area contributed by atoms with Crippen LogP contribution in [0, 0.1) is 0 Å². The molecular formula is C17H14ClNO2S. The second kappa shape index (κ2) is 6.46. The molecule has 1 aromatic heterocycles. The molecule has 2 aromatic carbocycles. The molecule has 3 rings (SSSR count). The van der Waals surface area contributed by atoms with Crippen molar-refractivity contribution in [1.82, 2.24) is 4.98 Å². The Kier molecular flexibility index (Phi) is 4.41. The molecule has 0 saturated heterocycles. The van der Waals surface area contributed by atoms with E-state index >= 15 is 0 Å². The van der Waals surface area contributed by atoms with Gasteiger partial charge in [0.2, 0.25) is 0 Å². The van der Waals surface area contributed by atoms with Crippen LogP contribution in [0.25, 0.3) is 10.2 Å². The summed E-state index contributed by atoms with van der Waals surface area (Å²) in [5.41, 5.74) is 1.94. The van der Waals surface area contributed by atoms with Gasteiger partial charge in [0.25, 0.3) is 0 Å². The largest absolute Gasteiger partial charge is 0.481 e. The molecular weight excluding hydrogens is 318 g/mol. The quantitative estimate of drug-likeness (QED) is 0.734. The fourth-order valence-corrected chi connectivity index (χ4v) is 3.64. The van der Waals surface area contributed by atoms with Gasteiger partial charge >= 0.3 is 5.97 Å². The number of thiazole rings is 1. The minimum atomic E-state index is -0.805. The molecule has 22 heavy (non-hydrogen) atoms. The summed E-state index contributed by atoms with van der Waals surface area (Å²) in [6.07, 6.45) is 0.699. The Bertz CT molecular complexity index is 765. The normalized spacial score (nSPS) is 12.4. The monoisotopic (exact) mass is 331 g/mol. The maximum Gasteiger partial charge on any atom is 0.303 e. The van der Waals surface area contributed by atoms with Crippen LogP contribution < -0.4 is 0 Å². The van der Waals surface area contributed by atoms with E-state index in [0.29, 0.717) is 11.4 Å². The Morgan fingerprint density at radius 1 is 1.18 bits per heavy atom. The first-order valence-corrected chi connectivity index (χ1v) is 8.13. The Morgan fingerprint density at radius 2 is 1.91 bits per heavy atom. The summed E-state index contributed by atoms with van der Waals surface area (Å²) in [6, 6.07) is 15.3. The van der Waals surface area contributed by atoms with Crippen molar-refractivity contribution < 1.29 is 9.90 Å². The minimum Gasteiger partial charge on any atom is -0.481 e. The first-order valence-electron chi connectivity index (χ1n) is 6.93. The number of hydrogen-bond donors (Lipinski definition) is 1. The summed E-state index contributed by atoms with van der Waals surface area (Å²) in [5.74, 6) is -0.906. The third-order valence-corrected chi connectivity index (χ3v) is 4.83. The van der Waals surface area contributed by atoms with Gasteiger partial charge in [-0.25, -0.2) is 4.98 Å². The second-order valence-corrected chi connectivity index (χ2v) is 6.68. The molecule has 0 aliphatic heterocycles. The fourth-order valence-electron chi connectivity index (χ4n) is 2.47. The van der Waals surface area contributed by atoms with Crippen LogP contribution in [0.15, 0.2) is 48.5 Å². The van der Waals surface area contributed by atoms with Crippen molar-refractivity contribution in [1.29, 1.82) is 0 Å². The van der Waals surface area contributed by atoms with Crippen molar-refractivity contribution in [3.63, 3.8) is 0 Å². The van der Waals surface area contributed by atoms with Crippen molar-refractivity contribution in [2.24, 2.45) is 0 Å². The van der Waals surface area contributed by atoms with Crippen LogP contribution >= 0.6 is 22.9 Å². The predicted octanol–water partition coefficient (Wildman–Crippen LogP) is 4.75. The average Bonchev–Trinajstić information content (AvgIpc) is 2.89. The smallest absolute Gasteiger partial charge is 0.303 e. The van der Waals surface area contributed by atoms with E-state index in [-0.39, 0.29) is 12.3 Å². The highest BCUT2D eigenvalue weighted by Crippen LogP contribution is 2.29. The van der Waals surface area contributed by atoms with E-state index in [4.69, 9.17) is 11.6 Å². The molecule has 0 fully saturated rings. The van der Waals surface area contributed by atoms with Crippen LogP contribution in [-0.2, 0) is 11.2 Å². The van der Waals surface area contributed by atoms with Crippen LogP contribution in [0.5, 0.6) is 0 Å². The van der Waals surface area contributed by atoms with Gasteiger partial charge in [0.05, 0.1) is 21.6 Å². The Balaban J connectivity index is 1.88. The van der Waals surface area contributed by atoms with Crippen LogP contribution in [0.2, 0.25) is 5.02 Å². The standard InChI is InChI=1S/C17H14ClNO2S/c18-13-7-5-11(6-8-13)12(10-17(20)21)9-16-19-14-3-1-2-4-15(14)22-16/h1-8,12H,9-10H2,(H,20,21). The maximum atomic E-state index is 11.2. The van der Waals surface area contributed by atoms with Gasteiger partial charge in [0, 0.05) is 17.4 Å². The first-order chi connectivity index (χ1) is 10.6. The van der Waals surface area contributed by atoms with Crippen molar-refractivity contribution in [3.8, 4) is 0 Å². The highest BCUT2D eigenvalue weighted by molar-refractivity contribution is 7.18. The Hall–Kier alpha value is -1.91. The number of fused-ring (bicyclic) bond motifs is 1. The Labute approximate surface area is 137 Å². The number of carboxylic acid groups (broad SMARTS) is 1. The lowest BCUT2D eigenvalue weighted by molar-refractivity contribution is -0.137. The molecule has 1 unspecified atom stereocenters. The van der Waals surface area contributed by atoms with Gasteiger partial charge in [-0.3, -0.25) is 4.79 Å². The van der Waals surface area contributed by atoms with Gasteiger partial charge in [-0.15, -0.1) is 11.3 Å². The predicted molar refractivity (Wildman–Crippen MR) is 89.8 cm³/mol. The number of halogens is 1. The molecule has 1 heterocycles. The number of hydrogen-bond acceptors (Lipinski definition) is 3. The summed E-state index contributed by atoms with van der Waals surface area (Å²) in [7, 11) is 0. The van der Waals surface area contributed by atoms with E-state index in [9.17, 15) is 9.90 Å². The topological polar surface area (TPSA) is 50.2 Å². The molecule has 0 spiro atoms. The number of carbonyl (C=O) groups is 1. The van der Waals surface area contributed by atoms with Crippen molar-refractivity contribution in [2.75, 3.05) is 0 Å². The van der Waals surface area contributed by atoms with Gasteiger partial charge in [-0.05, 0) is 29.8 Å². The zero-order chi connectivity index (χ0) is 15.5. The average molecular weight is 332 g/mol. The van der Waals surface area contributed by atoms with E-state index in [1.54, 1.807) is 23.5 Å². The lowest BCUT2D eigenvalue weighted by Gasteiger charge is -2.14. The lowest BCUT2D eigenvalue weighted by Crippen LogP contribution is -2.09. The molecule has 1 atom stereocenters. The molecule has 0 aliphatic rings. The van der Waals surface area contributed by atoms with E-state index in [1.165, 1.54) is 0 Å². The van der Waals surface area contributed by atoms with Crippen LogP contribution in [0.1, 0.15) is 22.9 Å². The first kappa shape index (κ1) is 15.0. The molecule has 0 amide bonds. The molecule has 0 saturated carbocycles. The number of aliphatic carboxylic acids is 1. The summed E-state index contributed by atoms with van der Waals surface area (Å²) in [6.45, 7) is 0. The van der Waals surface area contributed by atoms with Crippen LogP contribution in [-0.4, -0.2) is 16.1 Å². The molecule has 5 heteroatoms. The van der Waals surface area contributed by atoms with Gasteiger partial charge in [0.15, 0.2) is 0 Å². The van der Waals surface area contributed by atoms with E-state index in [1.807, 2.05) is 36.4 Å². The van der Waals surface area contributed by atoms with Gasteiger partial charge in [-0.1, -0.05) is 35.9 Å². The van der Waals surface area contributed by atoms with E-state index in [2.05, 4.69) is 4.98 Å². The number of rotatable bonds is 5. The van der Waals surface area contributed by atoms with Gasteiger partial charge < -0.3 is 5.11 Å². The molecule has 0 aliphatic carbocycles. The van der Waals surface area contributed by atoms with Crippen molar-refractivity contribution in [2.45, 2.75) is 18.8 Å². The van der Waals surface area contributed by atoms with Gasteiger partial charge in [-0.2, -0.15) is 0 Å². The van der Waals surface area contributed by atoms with Crippen molar-refractivity contribution >= 4 is 39.1 Å². The fraction of sp³-hybridized carbons (Fsp3) is 0.176. The van der Waals surface area contributed by atoms with E-state index < -0.39 is 5.97 Å². The van der Waals surface area contributed by atoms with Gasteiger partial charge in [0.1, 0.15) is 0 Å². The number of para-hydroxylation sites is 1. The molecule has 3 aromatic rings. The SMILES string of the molecule is O=C(O)CC(Cc1nc2ccccc2s1)c1ccc(Cl)cc1. The molecule has 112 valence electrons. The number of carboxylic acids is 1. The summed E-state index contributed by atoms with van der Waals surface area (Å²) >= 11 is 7.53. The van der Waals surface area contributed by atoms with Crippen LogP contribution in [0.4, 0.5) is 0 Å². The zero-order valence-corrected chi connectivity index (χ0v) is 13.3. The lowest BCUT2D eigenvalue weighted by atomic mass is 9.93. The van der Waals surface area contributed by atoms with E-state index in [0.717, 1.165) is 20.8 Å². The maximum absolute atomic E-state index is 11.2. The molecule has 1 N–H and O–H groups in total. The molecule has 0 bridgehead atoms. The molecule has 3 nitrogen and oxygen atoms in total. The number of aromatic nitrogens is 1. The number of benzene rings is 2. The third-order valence-electron chi connectivity index (χ3n) is 3.52. The third kappa shape index (κ3) is 3.46. The van der Waals surface area contributed by atoms with Crippen molar-refractivity contribution in [3.05, 3.63) is 64.1 Å². The molecule has 0 radical (unpaired) electrons. The van der Waals surface area contributed by atoms with Crippen LogP contribution in [0.3, 0.4) is 0 Å². The minimum absolute atomic E-state index is 0.0809. The zero-order valence-electron chi connectivity index (χ0n) is 11.7. The number of nitrogens with zero attached hydrogens (tertiary/aromatic N) is 1.